The van der Waals surface area contributed by atoms with Crippen LogP contribution in [-0.2, 0) is 19.9 Å². The zero-order valence-corrected chi connectivity index (χ0v) is 14.2. The molecule has 1 atom stereocenters. The summed E-state index contributed by atoms with van der Waals surface area (Å²) in [6, 6.07) is 4.86. The van der Waals surface area contributed by atoms with E-state index in [4.69, 9.17) is 17.4 Å². The van der Waals surface area contributed by atoms with Crippen LogP contribution in [0, 0.1) is 12.7 Å². The summed E-state index contributed by atoms with van der Waals surface area (Å²) < 4.78 is 16.7. The molecule has 1 heterocycles. The smallest absolute Gasteiger partial charge is 0.145 e. The van der Waals surface area contributed by atoms with E-state index >= 15 is 0 Å². The summed E-state index contributed by atoms with van der Waals surface area (Å²) >= 11 is 9.33. The van der Waals surface area contributed by atoms with Gasteiger partial charge in [0, 0.05) is 19.5 Å². The lowest BCUT2D eigenvalue weighted by Crippen LogP contribution is -2.39. The number of nitrogens with two attached hydrogens (primary N) is 1. The third kappa shape index (κ3) is 3.63. The summed E-state index contributed by atoms with van der Waals surface area (Å²) in [5, 5.41) is 4.47. The molecule has 0 fully saturated rings. The standard InChI is InChI=1S/C14H17BrClFN4/c1-8-13(15)12(21(2)20-8)7-10(19-18)6-9-4-3-5-11(16)14(9)17/h3-5,10,19H,6-7,18H2,1-2H3. The van der Waals surface area contributed by atoms with E-state index in [1.807, 2.05) is 14.0 Å². The highest BCUT2D eigenvalue weighted by Crippen LogP contribution is 2.23. The van der Waals surface area contributed by atoms with Gasteiger partial charge in [-0.2, -0.15) is 5.10 Å². The van der Waals surface area contributed by atoms with Gasteiger partial charge in [-0.25, -0.2) is 4.39 Å². The zero-order chi connectivity index (χ0) is 15.6. The molecular formula is C14H17BrClFN4. The van der Waals surface area contributed by atoms with Gasteiger partial charge in [-0.1, -0.05) is 23.7 Å². The van der Waals surface area contributed by atoms with Crippen molar-refractivity contribution in [3.8, 4) is 0 Å². The molecule has 1 aromatic carbocycles. The van der Waals surface area contributed by atoms with Gasteiger partial charge in [-0.3, -0.25) is 16.0 Å². The van der Waals surface area contributed by atoms with Crippen molar-refractivity contribution in [2.24, 2.45) is 12.9 Å². The summed E-state index contributed by atoms with van der Waals surface area (Å²) in [6.45, 7) is 1.93. The van der Waals surface area contributed by atoms with Gasteiger partial charge in [0.15, 0.2) is 0 Å². The Morgan fingerprint density at radius 1 is 1.48 bits per heavy atom. The highest BCUT2D eigenvalue weighted by molar-refractivity contribution is 9.10. The van der Waals surface area contributed by atoms with Crippen molar-refractivity contribution in [1.82, 2.24) is 15.2 Å². The lowest BCUT2D eigenvalue weighted by Gasteiger charge is -2.17. The van der Waals surface area contributed by atoms with Crippen molar-refractivity contribution in [2.75, 3.05) is 0 Å². The highest BCUT2D eigenvalue weighted by Gasteiger charge is 2.18. The minimum absolute atomic E-state index is 0.121. The maximum absolute atomic E-state index is 14.0. The zero-order valence-electron chi connectivity index (χ0n) is 11.8. The number of hydrogen-bond acceptors (Lipinski definition) is 3. The monoisotopic (exact) mass is 374 g/mol. The fourth-order valence-electron chi connectivity index (χ4n) is 2.30. The van der Waals surface area contributed by atoms with Crippen LogP contribution in [0.15, 0.2) is 22.7 Å². The van der Waals surface area contributed by atoms with Gasteiger partial charge in [-0.05, 0) is 40.9 Å². The van der Waals surface area contributed by atoms with Crippen LogP contribution < -0.4 is 11.3 Å². The van der Waals surface area contributed by atoms with E-state index in [0.29, 0.717) is 18.4 Å². The summed E-state index contributed by atoms with van der Waals surface area (Å²) in [6.07, 6.45) is 1.07. The molecule has 3 N–H and O–H groups in total. The van der Waals surface area contributed by atoms with Crippen molar-refractivity contribution >= 4 is 27.5 Å². The topological polar surface area (TPSA) is 55.9 Å². The van der Waals surface area contributed by atoms with Crippen molar-refractivity contribution in [2.45, 2.75) is 25.8 Å². The first-order valence-corrected chi connectivity index (χ1v) is 7.68. The Balaban J connectivity index is 2.19. The number of halogens is 3. The molecule has 0 aliphatic carbocycles. The highest BCUT2D eigenvalue weighted by atomic mass is 79.9. The van der Waals surface area contributed by atoms with Crippen LogP contribution in [-0.4, -0.2) is 15.8 Å². The molecule has 2 rings (SSSR count). The Hall–Kier alpha value is -0.950. The molecule has 0 aliphatic rings. The second-order valence-corrected chi connectivity index (χ2v) is 6.15. The average Bonchev–Trinajstić information content (AvgIpc) is 2.69. The molecule has 0 amide bonds. The molecule has 2 aromatic rings. The molecule has 0 aliphatic heterocycles. The number of aromatic nitrogens is 2. The number of rotatable bonds is 5. The molecule has 0 saturated heterocycles. The van der Waals surface area contributed by atoms with Crippen molar-refractivity contribution in [3.05, 3.63) is 50.5 Å². The van der Waals surface area contributed by atoms with Crippen LogP contribution in [0.4, 0.5) is 4.39 Å². The predicted molar refractivity (Wildman–Crippen MR) is 85.6 cm³/mol. The first-order valence-electron chi connectivity index (χ1n) is 6.51. The Bertz CT molecular complexity index is 644. The second kappa shape index (κ2) is 6.87. The summed E-state index contributed by atoms with van der Waals surface area (Å²) in [4.78, 5) is 0. The van der Waals surface area contributed by atoms with E-state index < -0.39 is 0 Å². The minimum Gasteiger partial charge on any atom is -0.271 e. The van der Waals surface area contributed by atoms with Gasteiger partial charge in [-0.15, -0.1) is 0 Å². The third-order valence-electron chi connectivity index (χ3n) is 3.43. The maximum Gasteiger partial charge on any atom is 0.145 e. The fraction of sp³-hybridized carbons (Fsp3) is 0.357. The number of hydrazine groups is 1. The van der Waals surface area contributed by atoms with Crippen molar-refractivity contribution < 1.29 is 4.39 Å². The lowest BCUT2D eigenvalue weighted by atomic mass is 10.0. The Kier molecular flexibility index (Phi) is 5.37. The number of nitrogens with one attached hydrogen (secondary N) is 1. The molecule has 1 unspecified atom stereocenters. The van der Waals surface area contributed by atoms with E-state index in [0.717, 1.165) is 15.9 Å². The molecule has 7 heteroatoms. The van der Waals surface area contributed by atoms with Crippen LogP contribution >= 0.6 is 27.5 Å². The molecule has 0 spiro atoms. The van der Waals surface area contributed by atoms with Crippen LogP contribution in [0.25, 0.3) is 0 Å². The minimum atomic E-state index is -0.389. The van der Waals surface area contributed by atoms with E-state index in [2.05, 4.69) is 26.5 Å². The van der Waals surface area contributed by atoms with Crippen LogP contribution in [0.2, 0.25) is 5.02 Å². The SMILES string of the molecule is Cc1nn(C)c(CC(Cc2cccc(Cl)c2F)NN)c1Br. The van der Waals surface area contributed by atoms with Crippen LogP contribution in [0.1, 0.15) is 17.0 Å². The van der Waals surface area contributed by atoms with E-state index in [1.165, 1.54) is 6.07 Å². The van der Waals surface area contributed by atoms with Crippen LogP contribution in [0.3, 0.4) is 0 Å². The summed E-state index contributed by atoms with van der Waals surface area (Å²) in [5.41, 5.74) is 5.21. The third-order valence-corrected chi connectivity index (χ3v) is 4.76. The van der Waals surface area contributed by atoms with Gasteiger partial charge < -0.3 is 0 Å². The summed E-state index contributed by atoms with van der Waals surface area (Å²) in [5.74, 6) is 5.22. The first kappa shape index (κ1) is 16.4. The molecule has 0 saturated carbocycles. The van der Waals surface area contributed by atoms with Gasteiger partial charge in [0.25, 0.3) is 0 Å². The van der Waals surface area contributed by atoms with Gasteiger partial charge in [0.2, 0.25) is 0 Å². The van der Waals surface area contributed by atoms with E-state index in [-0.39, 0.29) is 16.9 Å². The first-order chi connectivity index (χ1) is 9.93. The maximum atomic E-state index is 14.0. The molecule has 4 nitrogen and oxygen atoms in total. The molecule has 0 radical (unpaired) electrons. The van der Waals surface area contributed by atoms with Crippen molar-refractivity contribution in [1.29, 1.82) is 0 Å². The lowest BCUT2D eigenvalue weighted by molar-refractivity contribution is 0.492. The second-order valence-electron chi connectivity index (χ2n) is 4.95. The molecular weight excluding hydrogens is 359 g/mol. The largest absolute Gasteiger partial charge is 0.271 e. The molecule has 21 heavy (non-hydrogen) atoms. The van der Waals surface area contributed by atoms with Crippen molar-refractivity contribution in [3.63, 3.8) is 0 Å². The molecule has 114 valence electrons. The summed E-state index contributed by atoms with van der Waals surface area (Å²) in [7, 11) is 1.88. The Labute approximate surface area is 136 Å². The molecule has 0 bridgehead atoms. The number of nitrogens with zero attached hydrogens (tertiary/aromatic N) is 2. The normalized spacial score (nSPS) is 12.7. The number of hydrogen-bond donors (Lipinski definition) is 2. The fourth-order valence-corrected chi connectivity index (χ4v) is 2.99. The average molecular weight is 376 g/mol. The van der Waals surface area contributed by atoms with Gasteiger partial charge in [0.05, 0.1) is 20.9 Å². The Morgan fingerprint density at radius 3 is 2.76 bits per heavy atom. The van der Waals surface area contributed by atoms with Gasteiger partial charge in [0.1, 0.15) is 5.82 Å². The molecule has 1 aromatic heterocycles. The number of aryl methyl sites for hydroxylation is 2. The predicted octanol–water partition coefficient (Wildman–Crippen LogP) is 2.90. The van der Waals surface area contributed by atoms with E-state index in [9.17, 15) is 4.39 Å². The Morgan fingerprint density at radius 2 is 2.19 bits per heavy atom. The quantitative estimate of drug-likeness (QED) is 0.624. The van der Waals surface area contributed by atoms with Crippen LogP contribution in [0.5, 0.6) is 0 Å². The van der Waals surface area contributed by atoms with Gasteiger partial charge >= 0.3 is 0 Å². The van der Waals surface area contributed by atoms with E-state index in [1.54, 1.807) is 16.8 Å². The number of benzene rings is 1.